The number of fused-ring (bicyclic) bond motifs is 1. The van der Waals surface area contributed by atoms with Crippen molar-refractivity contribution in [2.75, 3.05) is 13.7 Å². The quantitative estimate of drug-likeness (QED) is 0.494. The number of nitrogens with zero attached hydrogens (tertiary/aromatic N) is 3. The molecule has 1 aliphatic heterocycles. The molecule has 0 saturated carbocycles. The van der Waals surface area contributed by atoms with Gasteiger partial charge in [0, 0.05) is 40.8 Å². The van der Waals surface area contributed by atoms with E-state index in [1.807, 2.05) is 6.07 Å². The molecule has 3 aromatic rings. The van der Waals surface area contributed by atoms with E-state index in [-0.39, 0.29) is 5.75 Å². The third-order valence-electron chi connectivity index (χ3n) is 5.09. The smallest absolute Gasteiger partial charge is 0.166 e. The maximum Gasteiger partial charge on any atom is 0.166 e. The molecular weight excluding hydrogens is 462 g/mol. The molecule has 0 spiro atoms. The van der Waals surface area contributed by atoms with Crippen LogP contribution in [0.3, 0.4) is 0 Å². The molecule has 1 N–H and O–H groups in total. The molecule has 1 aromatic heterocycles. The van der Waals surface area contributed by atoms with Crippen LogP contribution in [0.15, 0.2) is 51.9 Å². The van der Waals surface area contributed by atoms with Gasteiger partial charge >= 0.3 is 0 Å². The highest BCUT2D eigenvalue weighted by Crippen LogP contribution is 2.39. The van der Waals surface area contributed by atoms with Crippen LogP contribution in [0.5, 0.6) is 11.5 Å². The second-order valence-corrected chi connectivity index (χ2v) is 9.05. The molecule has 0 radical (unpaired) electrons. The number of thiophene rings is 1. The van der Waals surface area contributed by atoms with Crippen LogP contribution in [-0.4, -0.2) is 29.9 Å². The Morgan fingerprint density at radius 3 is 2.87 bits per heavy atom. The fraction of sp³-hybridized carbons (Fsp3) is 0.217. The van der Waals surface area contributed by atoms with Gasteiger partial charge in [-0.1, -0.05) is 46.3 Å². The number of phenolic OH excluding ortho intramolecular Hbond substituents is 1. The predicted octanol–water partition coefficient (Wildman–Crippen LogP) is 5.41. The molecule has 0 amide bonds. The van der Waals surface area contributed by atoms with Gasteiger partial charge in [0.2, 0.25) is 0 Å². The molecule has 0 unspecified atom stereocenters. The number of hydrogen-bond acceptors (Lipinski definition) is 6. The lowest BCUT2D eigenvalue weighted by molar-refractivity contribution is 0.249. The first kappa shape index (κ1) is 20.6. The van der Waals surface area contributed by atoms with Crippen molar-refractivity contribution in [1.29, 1.82) is 5.26 Å². The number of nitriles is 1. The molecule has 5 nitrogen and oxygen atoms in total. The number of ether oxygens (including phenoxy) is 1. The summed E-state index contributed by atoms with van der Waals surface area (Å²) < 4.78 is 5.97. The normalized spacial score (nSPS) is 13.9. The Labute approximate surface area is 188 Å². The van der Waals surface area contributed by atoms with Crippen molar-refractivity contribution in [3.8, 4) is 17.6 Å². The SMILES string of the molecule is COc1cc(Br)cc(/C=N/c2sc3c(c2C#N)CCN(Cc2ccccc2)C3)c1O. The summed E-state index contributed by atoms with van der Waals surface area (Å²) >= 11 is 4.97. The second kappa shape index (κ2) is 9.00. The van der Waals surface area contributed by atoms with Gasteiger partial charge in [-0.3, -0.25) is 4.90 Å². The summed E-state index contributed by atoms with van der Waals surface area (Å²) in [7, 11) is 1.50. The van der Waals surface area contributed by atoms with Crippen LogP contribution in [0.1, 0.15) is 27.1 Å². The van der Waals surface area contributed by atoms with Crippen molar-refractivity contribution in [3.05, 3.63) is 74.1 Å². The first-order valence-electron chi connectivity index (χ1n) is 9.50. The highest BCUT2D eigenvalue weighted by molar-refractivity contribution is 9.10. The monoisotopic (exact) mass is 481 g/mol. The highest BCUT2D eigenvalue weighted by atomic mass is 79.9. The summed E-state index contributed by atoms with van der Waals surface area (Å²) in [6.07, 6.45) is 2.43. The van der Waals surface area contributed by atoms with Crippen molar-refractivity contribution in [2.24, 2.45) is 4.99 Å². The Bertz CT molecular complexity index is 1140. The Morgan fingerprint density at radius 2 is 2.13 bits per heavy atom. The summed E-state index contributed by atoms with van der Waals surface area (Å²) in [5.41, 5.74) is 3.57. The molecule has 30 heavy (non-hydrogen) atoms. The summed E-state index contributed by atoms with van der Waals surface area (Å²) in [4.78, 5) is 8.14. The minimum absolute atomic E-state index is 0.0262. The lowest BCUT2D eigenvalue weighted by Gasteiger charge is -2.26. The van der Waals surface area contributed by atoms with Gasteiger partial charge < -0.3 is 9.84 Å². The third-order valence-corrected chi connectivity index (χ3v) is 6.67. The minimum Gasteiger partial charge on any atom is -0.504 e. The molecule has 0 atom stereocenters. The van der Waals surface area contributed by atoms with E-state index in [1.165, 1.54) is 17.6 Å². The Kier molecular flexibility index (Phi) is 6.18. The molecule has 1 aliphatic rings. The predicted molar refractivity (Wildman–Crippen MR) is 123 cm³/mol. The number of phenols is 1. The van der Waals surface area contributed by atoms with Gasteiger partial charge in [-0.05, 0) is 29.7 Å². The number of hydrogen-bond donors (Lipinski definition) is 1. The molecule has 0 fully saturated rings. The average Bonchev–Trinajstić information content (AvgIpc) is 3.11. The Morgan fingerprint density at radius 1 is 1.33 bits per heavy atom. The van der Waals surface area contributed by atoms with E-state index in [0.29, 0.717) is 21.9 Å². The fourth-order valence-electron chi connectivity index (χ4n) is 3.60. The Balaban J connectivity index is 1.59. The van der Waals surface area contributed by atoms with Crippen LogP contribution in [0.4, 0.5) is 5.00 Å². The van der Waals surface area contributed by atoms with E-state index in [2.05, 4.69) is 56.2 Å². The molecule has 0 aliphatic carbocycles. The zero-order valence-corrected chi connectivity index (χ0v) is 18.8. The van der Waals surface area contributed by atoms with Gasteiger partial charge in [0.15, 0.2) is 11.5 Å². The van der Waals surface area contributed by atoms with E-state index in [4.69, 9.17) is 4.74 Å². The van der Waals surface area contributed by atoms with Gasteiger partial charge in [-0.25, -0.2) is 4.99 Å². The van der Waals surface area contributed by atoms with Gasteiger partial charge in [0.1, 0.15) is 11.1 Å². The lowest BCUT2D eigenvalue weighted by atomic mass is 10.0. The standard InChI is InChI=1S/C23H20BrN3O2S/c1-29-20-10-17(24)9-16(22(20)28)12-26-23-19(11-25)18-7-8-27(14-21(18)30-23)13-15-5-3-2-4-6-15/h2-6,9-10,12,28H,7-8,13-14H2,1H3/b26-12+. The first-order chi connectivity index (χ1) is 14.6. The van der Waals surface area contributed by atoms with Crippen LogP contribution < -0.4 is 4.74 Å². The van der Waals surface area contributed by atoms with Crippen LogP contribution in [-0.2, 0) is 19.5 Å². The number of methoxy groups -OCH3 is 1. The maximum atomic E-state index is 10.3. The van der Waals surface area contributed by atoms with E-state index in [9.17, 15) is 10.4 Å². The number of rotatable bonds is 5. The van der Waals surface area contributed by atoms with Gasteiger partial charge in [0.25, 0.3) is 0 Å². The molecule has 0 bridgehead atoms. The minimum atomic E-state index is 0.0262. The van der Waals surface area contributed by atoms with E-state index in [1.54, 1.807) is 29.7 Å². The molecule has 2 aromatic carbocycles. The fourth-order valence-corrected chi connectivity index (χ4v) is 5.24. The van der Waals surface area contributed by atoms with Crippen molar-refractivity contribution in [1.82, 2.24) is 4.90 Å². The van der Waals surface area contributed by atoms with E-state index >= 15 is 0 Å². The average molecular weight is 482 g/mol. The van der Waals surface area contributed by atoms with Crippen molar-refractivity contribution < 1.29 is 9.84 Å². The van der Waals surface area contributed by atoms with Crippen LogP contribution in [0.2, 0.25) is 0 Å². The maximum absolute atomic E-state index is 10.3. The van der Waals surface area contributed by atoms with Gasteiger partial charge in [-0.2, -0.15) is 5.26 Å². The van der Waals surface area contributed by atoms with Gasteiger partial charge in [0.05, 0.1) is 12.7 Å². The summed E-state index contributed by atoms with van der Waals surface area (Å²) in [5, 5.41) is 20.8. The Hall–Kier alpha value is -2.66. The van der Waals surface area contributed by atoms with Crippen molar-refractivity contribution >= 4 is 38.5 Å². The van der Waals surface area contributed by atoms with E-state index in [0.717, 1.165) is 36.1 Å². The molecular formula is C23H20BrN3O2S. The van der Waals surface area contributed by atoms with Crippen molar-refractivity contribution in [2.45, 2.75) is 19.5 Å². The molecule has 0 saturated heterocycles. The number of aliphatic imine (C=N–C) groups is 1. The van der Waals surface area contributed by atoms with Gasteiger partial charge in [-0.15, -0.1) is 11.3 Å². The number of aromatic hydroxyl groups is 1. The topological polar surface area (TPSA) is 68.8 Å². The molecule has 7 heteroatoms. The van der Waals surface area contributed by atoms with Crippen molar-refractivity contribution in [3.63, 3.8) is 0 Å². The number of benzene rings is 2. The summed E-state index contributed by atoms with van der Waals surface area (Å²) in [5.74, 6) is 0.395. The van der Waals surface area contributed by atoms with Crippen LogP contribution >= 0.6 is 27.3 Å². The lowest BCUT2D eigenvalue weighted by Crippen LogP contribution is -2.29. The van der Waals surface area contributed by atoms with E-state index < -0.39 is 0 Å². The van der Waals surface area contributed by atoms with Crippen LogP contribution in [0, 0.1) is 11.3 Å². The summed E-state index contributed by atoms with van der Waals surface area (Å²) in [6.45, 7) is 2.62. The van der Waals surface area contributed by atoms with Crippen LogP contribution in [0.25, 0.3) is 0 Å². The number of halogens is 1. The highest BCUT2D eigenvalue weighted by Gasteiger charge is 2.24. The molecule has 2 heterocycles. The zero-order valence-electron chi connectivity index (χ0n) is 16.4. The molecule has 4 rings (SSSR count). The largest absolute Gasteiger partial charge is 0.504 e. The second-order valence-electron chi connectivity index (χ2n) is 7.05. The molecule has 152 valence electrons. The third kappa shape index (κ3) is 4.26. The summed E-state index contributed by atoms with van der Waals surface area (Å²) in [6, 6.07) is 16.2. The zero-order chi connectivity index (χ0) is 21.1. The first-order valence-corrected chi connectivity index (χ1v) is 11.1.